The highest BCUT2D eigenvalue weighted by molar-refractivity contribution is 7.98. The lowest BCUT2D eigenvalue weighted by Gasteiger charge is -2.03. The van der Waals surface area contributed by atoms with Gasteiger partial charge in [0.25, 0.3) is 5.91 Å². The van der Waals surface area contributed by atoms with Crippen LogP contribution < -0.4 is 10.1 Å². The quantitative estimate of drug-likeness (QED) is 0.796. The van der Waals surface area contributed by atoms with Crippen LogP contribution in [0.15, 0.2) is 34.9 Å². The number of oxazole rings is 1. The topological polar surface area (TPSA) is 64.4 Å². The molecule has 1 N–H and O–H groups in total. The molecule has 0 aliphatic carbocycles. The fraction of sp³-hybridized carbons (Fsp3) is 0.286. The van der Waals surface area contributed by atoms with Crippen molar-refractivity contribution in [1.82, 2.24) is 10.3 Å². The van der Waals surface area contributed by atoms with Crippen molar-refractivity contribution in [3.63, 3.8) is 0 Å². The molecule has 0 bridgehead atoms. The van der Waals surface area contributed by atoms with Crippen LogP contribution in [-0.2, 0) is 6.61 Å². The van der Waals surface area contributed by atoms with Gasteiger partial charge in [0.05, 0.1) is 0 Å². The lowest BCUT2D eigenvalue weighted by atomic mass is 10.3. The molecule has 0 radical (unpaired) electrons. The summed E-state index contributed by atoms with van der Waals surface area (Å²) in [5.74, 6) is 0.395. The smallest absolute Gasteiger partial charge is 0.273 e. The van der Waals surface area contributed by atoms with Gasteiger partial charge in [0.15, 0.2) is 23.9 Å². The second-order valence-corrected chi connectivity index (χ2v) is 5.08. The zero-order valence-electron chi connectivity index (χ0n) is 11.5. The minimum atomic E-state index is -0.459. The Balaban J connectivity index is 1.88. The summed E-state index contributed by atoms with van der Waals surface area (Å²) in [6, 6.07) is 6.05. The number of nitrogens with zero attached hydrogens (tertiary/aromatic N) is 1. The first-order chi connectivity index (χ1) is 10.2. The summed E-state index contributed by atoms with van der Waals surface area (Å²) in [5.41, 5.74) is 0.184. The van der Waals surface area contributed by atoms with Crippen molar-refractivity contribution in [2.45, 2.75) is 6.61 Å². The molecule has 1 amide bonds. The van der Waals surface area contributed by atoms with E-state index in [-0.39, 0.29) is 29.8 Å². The first kappa shape index (κ1) is 15.4. The first-order valence-electron chi connectivity index (χ1n) is 6.29. The van der Waals surface area contributed by atoms with Gasteiger partial charge in [-0.2, -0.15) is 11.8 Å². The standard InChI is InChI=1S/C14H15FN2O3S/c1-21-7-6-16-14(18)11-8-20-13(17-11)9-19-12-5-3-2-4-10(12)15/h2-5,8H,6-7,9H2,1H3,(H,16,18). The molecule has 5 nitrogen and oxygen atoms in total. The molecule has 0 spiro atoms. The molecule has 1 aromatic heterocycles. The summed E-state index contributed by atoms with van der Waals surface area (Å²) in [6.45, 7) is 0.521. The number of amides is 1. The summed E-state index contributed by atoms with van der Waals surface area (Å²) in [5, 5.41) is 2.71. The number of hydrogen-bond acceptors (Lipinski definition) is 5. The van der Waals surface area contributed by atoms with Crippen molar-refractivity contribution in [3.8, 4) is 5.75 Å². The van der Waals surface area contributed by atoms with E-state index < -0.39 is 5.82 Å². The number of para-hydroxylation sites is 1. The van der Waals surface area contributed by atoms with Gasteiger partial charge in [-0.3, -0.25) is 4.79 Å². The van der Waals surface area contributed by atoms with Crippen LogP contribution in [0.3, 0.4) is 0 Å². The molecule has 0 saturated carbocycles. The van der Waals surface area contributed by atoms with E-state index in [1.807, 2.05) is 6.26 Å². The molecular weight excluding hydrogens is 295 g/mol. The Labute approximate surface area is 125 Å². The SMILES string of the molecule is CSCCNC(=O)c1coc(COc2ccccc2F)n1. The average molecular weight is 310 g/mol. The van der Waals surface area contributed by atoms with Crippen molar-refractivity contribution in [2.75, 3.05) is 18.6 Å². The molecular formula is C14H15FN2O3S. The van der Waals surface area contributed by atoms with Gasteiger partial charge in [-0.25, -0.2) is 9.37 Å². The van der Waals surface area contributed by atoms with Gasteiger partial charge in [-0.15, -0.1) is 0 Å². The average Bonchev–Trinajstić information content (AvgIpc) is 2.95. The second kappa shape index (κ2) is 7.68. The number of carbonyl (C=O) groups is 1. The minimum absolute atomic E-state index is 0.0426. The molecule has 0 fully saturated rings. The summed E-state index contributed by atoms with van der Waals surface area (Å²) in [7, 11) is 0. The van der Waals surface area contributed by atoms with Gasteiger partial charge in [-0.1, -0.05) is 12.1 Å². The maximum absolute atomic E-state index is 13.4. The molecule has 7 heteroatoms. The van der Waals surface area contributed by atoms with Crippen molar-refractivity contribution >= 4 is 17.7 Å². The Morgan fingerprint density at radius 2 is 2.29 bits per heavy atom. The lowest BCUT2D eigenvalue weighted by molar-refractivity contribution is 0.0951. The van der Waals surface area contributed by atoms with Crippen LogP contribution in [0.5, 0.6) is 5.75 Å². The number of benzene rings is 1. The monoisotopic (exact) mass is 310 g/mol. The zero-order chi connectivity index (χ0) is 15.1. The van der Waals surface area contributed by atoms with E-state index in [0.29, 0.717) is 6.54 Å². The molecule has 2 rings (SSSR count). The van der Waals surface area contributed by atoms with E-state index in [1.165, 1.54) is 18.4 Å². The highest BCUT2D eigenvalue weighted by Gasteiger charge is 2.12. The third-order valence-corrected chi connectivity index (χ3v) is 3.18. The van der Waals surface area contributed by atoms with Gasteiger partial charge < -0.3 is 14.5 Å². The van der Waals surface area contributed by atoms with Crippen LogP contribution in [0.25, 0.3) is 0 Å². The highest BCUT2D eigenvalue weighted by atomic mass is 32.2. The van der Waals surface area contributed by atoms with Gasteiger partial charge in [-0.05, 0) is 18.4 Å². The maximum Gasteiger partial charge on any atom is 0.273 e. The molecule has 2 aromatic rings. The number of ether oxygens (including phenoxy) is 1. The van der Waals surface area contributed by atoms with Crippen LogP contribution in [0.2, 0.25) is 0 Å². The number of rotatable bonds is 7. The van der Waals surface area contributed by atoms with Crippen molar-refractivity contribution in [2.24, 2.45) is 0 Å². The minimum Gasteiger partial charge on any atom is -0.481 e. The second-order valence-electron chi connectivity index (χ2n) is 4.09. The normalized spacial score (nSPS) is 10.4. The molecule has 0 aliphatic rings. The molecule has 21 heavy (non-hydrogen) atoms. The highest BCUT2D eigenvalue weighted by Crippen LogP contribution is 2.17. The Kier molecular flexibility index (Phi) is 5.62. The number of carbonyl (C=O) groups excluding carboxylic acids is 1. The third-order valence-electron chi connectivity index (χ3n) is 2.56. The van der Waals surface area contributed by atoms with E-state index in [4.69, 9.17) is 9.15 Å². The van der Waals surface area contributed by atoms with Crippen molar-refractivity contribution in [3.05, 3.63) is 47.9 Å². The number of aromatic nitrogens is 1. The summed E-state index contributed by atoms with van der Waals surface area (Å²) >= 11 is 1.64. The van der Waals surface area contributed by atoms with Gasteiger partial charge in [0.1, 0.15) is 6.26 Å². The molecule has 1 aromatic carbocycles. The number of hydrogen-bond donors (Lipinski definition) is 1. The van der Waals surface area contributed by atoms with Crippen molar-refractivity contribution in [1.29, 1.82) is 0 Å². The molecule has 0 atom stereocenters. The number of halogens is 1. The summed E-state index contributed by atoms with van der Waals surface area (Å²) < 4.78 is 23.7. The summed E-state index contributed by atoms with van der Waals surface area (Å²) in [6.07, 6.45) is 3.22. The largest absolute Gasteiger partial charge is 0.481 e. The summed E-state index contributed by atoms with van der Waals surface area (Å²) in [4.78, 5) is 15.7. The fourth-order valence-corrected chi connectivity index (χ4v) is 1.85. The third kappa shape index (κ3) is 4.49. The molecule has 1 heterocycles. The van der Waals surface area contributed by atoms with E-state index in [0.717, 1.165) is 5.75 Å². The van der Waals surface area contributed by atoms with Crippen LogP contribution in [0.1, 0.15) is 16.4 Å². The molecule has 0 aliphatic heterocycles. The zero-order valence-corrected chi connectivity index (χ0v) is 12.3. The molecule has 0 unspecified atom stereocenters. The maximum atomic E-state index is 13.4. The number of nitrogens with one attached hydrogen (secondary N) is 1. The number of thioether (sulfide) groups is 1. The van der Waals surface area contributed by atoms with E-state index >= 15 is 0 Å². The van der Waals surface area contributed by atoms with E-state index in [1.54, 1.807) is 23.9 Å². The van der Waals surface area contributed by atoms with E-state index in [2.05, 4.69) is 10.3 Å². The molecule has 112 valence electrons. The van der Waals surface area contributed by atoms with Gasteiger partial charge in [0.2, 0.25) is 5.89 Å². The predicted octanol–water partition coefficient (Wildman–Crippen LogP) is 2.49. The fourth-order valence-electron chi connectivity index (χ4n) is 1.54. The Morgan fingerprint density at radius 3 is 3.05 bits per heavy atom. The Hall–Kier alpha value is -2.02. The predicted molar refractivity (Wildman–Crippen MR) is 78.0 cm³/mol. The van der Waals surface area contributed by atoms with Crippen LogP contribution in [0, 0.1) is 5.82 Å². The van der Waals surface area contributed by atoms with Gasteiger partial charge >= 0.3 is 0 Å². The van der Waals surface area contributed by atoms with Crippen molar-refractivity contribution < 1.29 is 18.3 Å². The van der Waals surface area contributed by atoms with Crippen LogP contribution in [0.4, 0.5) is 4.39 Å². The molecule has 0 saturated heterocycles. The first-order valence-corrected chi connectivity index (χ1v) is 7.69. The Bertz CT molecular complexity index is 603. The van der Waals surface area contributed by atoms with E-state index in [9.17, 15) is 9.18 Å². The van der Waals surface area contributed by atoms with Crippen LogP contribution in [-0.4, -0.2) is 29.4 Å². The lowest BCUT2D eigenvalue weighted by Crippen LogP contribution is -2.26. The Morgan fingerprint density at radius 1 is 1.48 bits per heavy atom. The van der Waals surface area contributed by atoms with Gasteiger partial charge in [0, 0.05) is 12.3 Å². The van der Waals surface area contributed by atoms with Crippen LogP contribution >= 0.6 is 11.8 Å².